The normalized spacial score (nSPS) is 23.0. The van der Waals surface area contributed by atoms with Crippen LogP contribution in [0.4, 0.5) is 0 Å². The van der Waals surface area contributed by atoms with Crippen molar-refractivity contribution < 1.29 is 0 Å². The van der Waals surface area contributed by atoms with Gasteiger partial charge >= 0.3 is 0 Å². The van der Waals surface area contributed by atoms with Crippen molar-refractivity contribution in [1.82, 2.24) is 5.32 Å². The Morgan fingerprint density at radius 1 is 0.895 bits per heavy atom. The van der Waals surface area contributed by atoms with Crippen molar-refractivity contribution in [1.29, 1.82) is 0 Å². The van der Waals surface area contributed by atoms with Gasteiger partial charge in [0.25, 0.3) is 0 Å². The SMILES string of the molecule is CNC(c1ccc(C2CCC2)cc1)C1CCCCC1. The Hall–Kier alpha value is -0.820. The third kappa shape index (κ3) is 2.86. The highest BCUT2D eigenvalue weighted by molar-refractivity contribution is 5.29. The summed E-state index contributed by atoms with van der Waals surface area (Å²) in [5, 5.41) is 3.56. The summed E-state index contributed by atoms with van der Waals surface area (Å²) in [7, 11) is 2.12. The van der Waals surface area contributed by atoms with Crippen LogP contribution in [0.15, 0.2) is 24.3 Å². The first-order chi connectivity index (χ1) is 9.38. The summed E-state index contributed by atoms with van der Waals surface area (Å²) in [4.78, 5) is 0. The zero-order valence-electron chi connectivity index (χ0n) is 12.2. The number of rotatable bonds is 4. The van der Waals surface area contributed by atoms with E-state index in [0.29, 0.717) is 6.04 Å². The molecule has 3 rings (SSSR count). The lowest BCUT2D eigenvalue weighted by molar-refractivity contribution is 0.281. The van der Waals surface area contributed by atoms with Gasteiger partial charge in [-0.3, -0.25) is 0 Å². The first-order valence-corrected chi connectivity index (χ1v) is 8.15. The summed E-state index contributed by atoms with van der Waals surface area (Å²) in [6.45, 7) is 0. The highest BCUT2D eigenvalue weighted by atomic mass is 14.9. The molecule has 2 aliphatic carbocycles. The van der Waals surface area contributed by atoms with E-state index in [2.05, 4.69) is 36.6 Å². The van der Waals surface area contributed by atoms with Gasteiger partial charge in [0.2, 0.25) is 0 Å². The maximum absolute atomic E-state index is 3.56. The van der Waals surface area contributed by atoms with Crippen molar-refractivity contribution >= 4 is 0 Å². The van der Waals surface area contributed by atoms with Gasteiger partial charge in [0.15, 0.2) is 0 Å². The lowest BCUT2D eigenvalue weighted by Crippen LogP contribution is -2.27. The van der Waals surface area contributed by atoms with Crippen LogP contribution >= 0.6 is 0 Å². The van der Waals surface area contributed by atoms with E-state index >= 15 is 0 Å². The van der Waals surface area contributed by atoms with E-state index in [1.807, 2.05) is 0 Å². The molecule has 1 aromatic rings. The van der Waals surface area contributed by atoms with Crippen LogP contribution in [0.25, 0.3) is 0 Å². The Morgan fingerprint density at radius 2 is 1.58 bits per heavy atom. The lowest BCUT2D eigenvalue weighted by Gasteiger charge is -2.31. The molecule has 1 unspecified atom stereocenters. The van der Waals surface area contributed by atoms with Crippen LogP contribution in [0.1, 0.15) is 74.5 Å². The molecule has 0 spiro atoms. The van der Waals surface area contributed by atoms with Crippen LogP contribution < -0.4 is 5.32 Å². The smallest absolute Gasteiger partial charge is 0.0346 e. The highest BCUT2D eigenvalue weighted by Gasteiger charge is 2.24. The third-order valence-electron chi connectivity index (χ3n) is 5.30. The van der Waals surface area contributed by atoms with Crippen molar-refractivity contribution in [2.24, 2.45) is 5.92 Å². The summed E-state index contributed by atoms with van der Waals surface area (Å²) in [6.07, 6.45) is 11.3. The van der Waals surface area contributed by atoms with Gasteiger partial charge in [-0.25, -0.2) is 0 Å². The van der Waals surface area contributed by atoms with Gasteiger partial charge in [0, 0.05) is 6.04 Å². The van der Waals surface area contributed by atoms with Crippen LogP contribution in [0.2, 0.25) is 0 Å². The molecule has 1 atom stereocenters. The number of hydrogen-bond acceptors (Lipinski definition) is 1. The molecule has 1 nitrogen and oxygen atoms in total. The molecule has 0 aromatic heterocycles. The van der Waals surface area contributed by atoms with Crippen LogP contribution in [0.3, 0.4) is 0 Å². The Bertz CT molecular complexity index is 385. The zero-order valence-corrected chi connectivity index (χ0v) is 12.2. The van der Waals surface area contributed by atoms with Crippen LogP contribution in [-0.4, -0.2) is 7.05 Å². The topological polar surface area (TPSA) is 12.0 Å². The predicted octanol–water partition coefficient (Wildman–Crippen LogP) is 4.79. The van der Waals surface area contributed by atoms with E-state index in [9.17, 15) is 0 Å². The quantitative estimate of drug-likeness (QED) is 0.817. The number of nitrogens with one attached hydrogen (secondary N) is 1. The zero-order chi connectivity index (χ0) is 13.1. The molecule has 0 amide bonds. The molecule has 1 N–H and O–H groups in total. The molecule has 0 bridgehead atoms. The molecular formula is C18H27N. The maximum Gasteiger partial charge on any atom is 0.0346 e. The number of hydrogen-bond donors (Lipinski definition) is 1. The van der Waals surface area contributed by atoms with Gasteiger partial charge < -0.3 is 5.32 Å². The van der Waals surface area contributed by atoms with Crippen molar-refractivity contribution in [2.45, 2.75) is 63.3 Å². The van der Waals surface area contributed by atoms with Crippen molar-refractivity contribution in [2.75, 3.05) is 7.05 Å². The minimum Gasteiger partial charge on any atom is -0.313 e. The monoisotopic (exact) mass is 257 g/mol. The second kappa shape index (κ2) is 6.09. The van der Waals surface area contributed by atoms with Gasteiger partial charge in [0.05, 0.1) is 0 Å². The van der Waals surface area contributed by atoms with Crippen LogP contribution in [-0.2, 0) is 0 Å². The molecule has 1 heteroatoms. The van der Waals surface area contributed by atoms with Crippen molar-refractivity contribution in [3.63, 3.8) is 0 Å². The van der Waals surface area contributed by atoms with Crippen molar-refractivity contribution in [3.8, 4) is 0 Å². The molecule has 0 aliphatic heterocycles. The summed E-state index contributed by atoms with van der Waals surface area (Å²) in [5.41, 5.74) is 3.06. The lowest BCUT2D eigenvalue weighted by atomic mass is 9.78. The molecule has 2 aliphatic rings. The summed E-state index contributed by atoms with van der Waals surface area (Å²) >= 11 is 0. The van der Waals surface area contributed by atoms with Gasteiger partial charge in [0.1, 0.15) is 0 Å². The van der Waals surface area contributed by atoms with Gasteiger partial charge in [-0.15, -0.1) is 0 Å². The Morgan fingerprint density at radius 3 is 2.11 bits per heavy atom. The predicted molar refractivity (Wildman–Crippen MR) is 81.4 cm³/mol. The fourth-order valence-electron chi connectivity index (χ4n) is 3.86. The summed E-state index contributed by atoms with van der Waals surface area (Å²) < 4.78 is 0. The molecule has 2 fully saturated rings. The average Bonchev–Trinajstić information content (AvgIpc) is 2.41. The molecule has 104 valence electrons. The molecule has 0 heterocycles. The molecule has 1 aromatic carbocycles. The van der Waals surface area contributed by atoms with Crippen molar-refractivity contribution in [3.05, 3.63) is 35.4 Å². The van der Waals surface area contributed by atoms with E-state index in [-0.39, 0.29) is 0 Å². The average molecular weight is 257 g/mol. The second-order valence-electron chi connectivity index (χ2n) is 6.46. The maximum atomic E-state index is 3.56. The third-order valence-corrected chi connectivity index (χ3v) is 5.30. The van der Waals surface area contributed by atoms with E-state index in [1.54, 1.807) is 5.56 Å². The minimum absolute atomic E-state index is 0.566. The largest absolute Gasteiger partial charge is 0.313 e. The van der Waals surface area contributed by atoms with Crippen LogP contribution in [0.5, 0.6) is 0 Å². The fraction of sp³-hybridized carbons (Fsp3) is 0.667. The molecule has 0 radical (unpaired) electrons. The van der Waals surface area contributed by atoms with E-state index in [1.165, 1.54) is 56.9 Å². The Balaban J connectivity index is 1.71. The fourth-order valence-corrected chi connectivity index (χ4v) is 3.86. The molecule has 19 heavy (non-hydrogen) atoms. The standard InChI is InChI=1S/C18H27N/c1-19-18(16-6-3-2-4-7-16)17-12-10-15(11-13-17)14-8-5-9-14/h10-14,16,18-19H,2-9H2,1H3. The summed E-state index contributed by atoms with van der Waals surface area (Å²) in [6, 6.07) is 10.1. The van der Waals surface area contributed by atoms with Gasteiger partial charge in [-0.05, 0) is 55.7 Å². The van der Waals surface area contributed by atoms with Crippen LogP contribution in [0, 0.1) is 5.92 Å². The van der Waals surface area contributed by atoms with E-state index < -0.39 is 0 Å². The van der Waals surface area contributed by atoms with E-state index in [4.69, 9.17) is 0 Å². The van der Waals surface area contributed by atoms with Gasteiger partial charge in [-0.1, -0.05) is 49.9 Å². The highest BCUT2D eigenvalue weighted by Crippen LogP contribution is 2.38. The second-order valence-corrected chi connectivity index (χ2v) is 6.46. The Labute approximate surface area is 117 Å². The Kier molecular flexibility index (Phi) is 4.22. The molecule has 2 saturated carbocycles. The van der Waals surface area contributed by atoms with Gasteiger partial charge in [-0.2, -0.15) is 0 Å². The molecule has 0 saturated heterocycles. The first-order valence-electron chi connectivity index (χ1n) is 8.15. The first kappa shape index (κ1) is 13.2. The van der Waals surface area contributed by atoms with E-state index in [0.717, 1.165) is 11.8 Å². The number of benzene rings is 1. The minimum atomic E-state index is 0.566. The molecular weight excluding hydrogens is 230 g/mol. The summed E-state index contributed by atoms with van der Waals surface area (Å²) in [5.74, 6) is 1.70.